The second-order valence-corrected chi connectivity index (χ2v) is 16.9. The molecule has 0 saturated carbocycles. The minimum Gasteiger partial charge on any atom is -0.462 e. The van der Waals surface area contributed by atoms with Crippen molar-refractivity contribution in [3.8, 4) is 0 Å². The number of carbonyl (C=O) groups is 2. The van der Waals surface area contributed by atoms with Crippen molar-refractivity contribution >= 4 is 19.8 Å². The first-order valence-corrected chi connectivity index (χ1v) is 22.9. The third-order valence-electron chi connectivity index (χ3n) is 9.12. The highest BCUT2D eigenvalue weighted by molar-refractivity contribution is 7.47. The van der Waals surface area contributed by atoms with E-state index in [9.17, 15) is 19.0 Å². The number of quaternary nitrogens is 1. The molecular formula is C43H85NO8P+. The van der Waals surface area contributed by atoms with Crippen LogP contribution in [0.2, 0.25) is 0 Å². The third kappa shape index (κ3) is 40.2. The van der Waals surface area contributed by atoms with Gasteiger partial charge in [0.25, 0.3) is 0 Å². The summed E-state index contributed by atoms with van der Waals surface area (Å²) in [6.07, 6.45) is 29.4. The highest BCUT2D eigenvalue weighted by atomic mass is 31.2. The topological polar surface area (TPSA) is 108 Å². The van der Waals surface area contributed by atoms with Gasteiger partial charge < -0.3 is 18.9 Å². The van der Waals surface area contributed by atoms with Crippen molar-refractivity contribution in [2.45, 2.75) is 206 Å². The number of allylic oxidation sites excluding steroid dienone is 2. The van der Waals surface area contributed by atoms with Crippen molar-refractivity contribution in [2.75, 3.05) is 47.4 Å². The SMILES string of the molecule is [2H]C([2H])(OC(=O)CCCCCCCCCCCCCCCC)[C@@]([2H])(OC(=O)CCCCCCC/C=C\CCCCCCCC)C([2H])([2H])OP(=O)(O)OCC[N+](C)(C)C. The molecule has 314 valence electrons. The lowest BCUT2D eigenvalue weighted by atomic mass is 10.0. The minimum atomic E-state index is -5.25. The van der Waals surface area contributed by atoms with Gasteiger partial charge in [0.05, 0.1) is 34.6 Å². The molecule has 0 amide bonds. The van der Waals surface area contributed by atoms with Crippen LogP contribution in [0.15, 0.2) is 12.2 Å². The standard InChI is InChI=1S/C43H84NO8P/c1-6-8-10-12-14-16-18-20-22-24-26-28-30-32-34-36-43(46)52-41(40-51-53(47,48)50-38-37-44(3,4)5)39-49-42(45)35-33-31-29-27-25-23-21-19-17-15-13-11-9-7-2/h20,22,41H,6-19,21,23-40H2,1-5H3/p+1/b22-20-/t41-/m1/s1/i39D2,40D2,41D. The van der Waals surface area contributed by atoms with E-state index in [1.165, 1.54) is 96.3 Å². The van der Waals surface area contributed by atoms with Gasteiger partial charge in [-0.1, -0.05) is 161 Å². The fraction of sp³-hybridized carbons (Fsp3) is 0.907. The van der Waals surface area contributed by atoms with E-state index in [1.54, 1.807) is 21.1 Å². The molecule has 9 nitrogen and oxygen atoms in total. The summed E-state index contributed by atoms with van der Waals surface area (Å²) >= 11 is 0. The smallest absolute Gasteiger partial charge is 0.462 e. The maximum Gasteiger partial charge on any atom is 0.472 e. The van der Waals surface area contributed by atoms with E-state index in [-0.39, 0.29) is 26.0 Å². The number of ether oxygens (including phenoxy) is 2. The molecule has 0 saturated heterocycles. The van der Waals surface area contributed by atoms with Crippen molar-refractivity contribution in [1.29, 1.82) is 0 Å². The maximum absolute atomic E-state index is 13.0. The summed E-state index contributed by atoms with van der Waals surface area (Å²) in [6.45, 7) is -3.03. The Morgan fingerprint density at radius 2 is 1.02 bits per heavy atom. The highest BCUT2D eigenvalue weighted by Gasteiger charge is 2.27. The molecule has 0 aromatic carbocycles. The van der Waals surface area contributed by atoms with Crippen LogP contribution in [0, 0.1) is 0 Å². The van der Waals surface area contributed by atoms with E-state index in [1.807, 2.05) is 0 Å². The fourth-order valence-electron chi connectivity index (χ4n) is 5.74. The molecule has 2 atom stereocenters. The van der Waals surface area contributed by atoms with Crippen molar-refractivity contribution in [1.82, 2.24) is 0 Å². The molecule has 53 heavy (non-hydrogen) atoms. The van der Waals surface area contributed by atoms with Crippen LogP contribution in [0.3, 0.4) is 0 Å². The Morgan fingerprint density at radius 3 is 1.45 bits per heavy atom. The second kappa shape index (κ2) is 36.4. The number of rotatable bonds is 40. The van der Waals surface area contributed by atoms with Crippen LogP contribution in [-0.2, 0) is 32.7 Å². The lowest BCUT2D eigenvalue weighted by Crippen LogP contribution is -2.37. The number of unbranched alkanes of at least 4 members (excludes halogenated alkanes) is 24. The first-order valence-electron chi connectivity index (χ1n) is 23.9. The van der Waals surface area contributed by atoms with Gasteiger partial charge in [0.15, 0.2) is 6.08 Å². The Labute approximate surface area is 333 Å². The van der Waals surface area contributed by atoms with E-state index in [0.29, 0.717) is 30.2 Å². The van der Waals surface area contributed by atoms with Gasteiger partial charge in [-0.05, 0) is 38.5 Å². The first kappa shape index (κ1) is 42.9. The zero-order chi connectivity index (χ0) is 43.8. The van der Waals surface area contributed by atoms with Crippen molar-refractivity contribution in [3.63, 3.8) is 0 Å². The number of phosphoric ester groups is 1. The molecular weight excluding hydrogens is 689 g/mol. The Kier molecular flexibility index (Phi) is 29.4. The van der Waals surface area contributed by atoms with Crippen molar-refractivity contribution in [2.24, 2.45) is 0 Å². The van der Waals surface area contributed by atoms with Crippen LogP contribution in [0.25, 0.3) is 0 Å². The summed E-state index contributed by atoms with van der Waals surface area (Å²) in [7, 11) is 0.159. The molecule has 1 N–H and O–H groups in total. The maximum atomic E-state index is 13.0. The molecule has 0 aliphatic heterocycles. The number of likely N-dealkylation sites (N-methyl/N-ethyl adjacent to an activating group) is 1. The van der Waals surface area contributed by atoms with E-state index < -0.39 is 39.0 Å². The van der Waals surface area contributed by atoms with Gasteiger partial charge in [-0.15, -0.1) is 0 Å². The van der Waals surface area contributed by atoms with Crippen LogP contribution in [0.5, 0.6) is 0 Å². The molecule has 0 fully saturated rings. The van der Waals surface area contributed by atoms with E-state index in [0.717, 1.165) is 51.4 Å². The van der Waals surface area contributed by atoms with E-state index >= 15 is 0 Å². The summed E-state index contributed by atoms with van der Waals surface area (Å²) in [5, 5.41) is 0. The monoisotopic (exact) mass is 780 g/mol. The summed E-state index contributed by atoms with van der Waals surface area (Å²) < 4.78 is 75.4. The first-order chi connectivity index (χ1) is 27.3. The van der Waals surface area contributed by atoms with Gasteiger partial charge in [0.1, 0.15) is 19.7 Å². The zero-order valence-corrected chi connectivity index (χ0v) is 35.7. The van der Waals surface area contributed by atoms with Crippen LogP contribution >= 0.6 is 7.82 Å². The van der Waals surface area contributed by atoms with Gasteiger partial charge in [-0.2, -0.15) is 0 Å². The molecule has 10 heteroatoms. The van der Waals surface area contributed by atoms with Gasteiger partial charge in [0.2, 0.25) is 0 Å². The molecule has 1 unspecified atom stereocenters. The number of hydrogen-bond donors (Lipinski definition) is 1. The van der Waals surface area contributed by atoms with Gasteiger partial charge >= 0.3 is 19.8 Å². The molecule has 0 rings (SSSR count). The van der Waals surface area contributed by atoms with Crippen LogP contribution < -0.4 is 0 Å². The molecule has 0 radical (unpaired) electrons. The summed E-state index contributed by atoms with van der Waals surface area (Å²) in [5.74, 6) is -2.19. The number of nitrogens with zero attached hydrogens (tertiary/aromatic N) is 1. The number of carbonyl (C=O) groups excluding carboxylic acids is 2. The van der Waals surface area contributed by atoms with Gasteiger partial charge in [0, 0.05) is 12.8 Å². The average molecular weight is 780 g/mol. The highest BCUT2D eigenvalue weighted by Crippen LogP contribution is 2.43. The lowest BCUT2D eigenvalue weighted by molar-refractivity contribution is -0.870. The molecule has 0 bridgehead atoms. The molecule has 0 aliphatic rings. The van der Waals surface area contributed by atoms with Crippen molar-refractivity contribution < 1.29 is 48.9 Å². The predicted octanol–water partition coefficient (Wildman–Crippen LogP) is 12.2. The van der Waals surface area contributed by atoms with Gasteiger partial charge in [-0.3, -0.25) is 18.6 Å². The Hall–Kier alpha value is -1.25. The van der Waals surface area contributed by atoms with Gasteiger partial charge in [-0.25, -0.2) is 4.57 Å². The summed E-state index contributed by atoms with van der Waals surface area (Å²) in [6, 6.07) is 0. The van der Waals surface area contributed by atoms with Crippen LogP contribution in [0.4, 0.5) is 0 Å². The molecule has 0 aromatic heterocycles. The average Bonchev–Trinajstić information content (AvgIpc) is 3.11. The molecule has 0 spiro atoms. The Bertz CT molecular complexity index is 1140. The predicted molar refractivity (Wildman–Crippen MR) is 220 cm³/mol. The normalized spacial score (nSPS) is 16.2. The van der Waals surface area contributed by atoms with E-state index in [4.69, 9.17) is 25.4 Å². The lowest BCUT2D eigenvalue weighted by Gasteiger charge is -2.24. The molecule has 0 aliphatic carbocycles. The van der Waals surface area contributed by atoms with E-state index in [2.05, 4.69) is 26.0 Å². The Morgan fingerprint density at radius 1 is 0.623 bits per heavy atom. The van der Waals surface area contributed by atoms with Crippen molar-refractivity contribution in [3.05, 3.63) is 12.2 Å². The fourth-order valence-corrected chi connectivity index (χ4v) is 6.30. The number of hydrogen-bond acceptors (Lipinski definition) is 7. The van der Waals surface area contributed by atoms with Crippen LogP contribution in [-0.4, -0.2) is 74.8 Å². The molecule has 0 heterocycles. The second-order valence-electron chi connectivity index (χ2n) is 15.6. The molecule has 0 aromatic rings. The third-order valence-corrected chi connectivity index (χ3v) is 9.95. The summed E-state index contributed by atoms with van der Waals surface area (Å²) in [5.41, 5.74) is 0. The minimum absolute atomic E-state index is 0.201. The summed E-state index contributed by atoms with van der Waals surface area (Å²) in [4.78, 5) is 36.1. The number of esters is 2. The quantitative estimate of drug-likeness (QED) is 0.0215. The zero-order valence-electron chi connectivity index (χ0n) is 39.8. The van der Waals surface area contributed by atoms with Crippen LogP contribution in [0.1, 0.15) is 207 Å². The Balaban J connectivity index is 5.08. The largest absolute Gasteiger partial charge is 0.472 e. The number of phosphoric acid groups is 1.